The zero-order valence-electron chi connectivity index (χ0n) is 14.5. The Kier molecular flexibility index (Phi) is 7.78. The van der Waals surface area contributed by atoms with Crippen LogP contribution in [0.1, 0.15) is 38.8 Å². The zero-order valence-corrected chi connectivity index (χ0v) is 16.8. The maximum Gasteiger partial charge on any atom is 0.225 e. The van der Waals surface area contributed by atoms with Gasteiger partial charge in [0, 0.05) is 23.9 Å². The maximum atomic E-state index is 11.7. The lowest BCUT2D eigenvalue weighted by Crippen LogP contribution is -2.39. The lowest BCUT2D eigenvalue weighted by atomic mass is 9.96. The molecule has 2 rings (SSSR count). The average Bonchev–Trinajstić information content (AvgIpc) is 2.51. The van der Waals surface area contributed by atoms with Crippen molar-refractivity contribution in [1.29, 1.82) is 0 Å². The van der Waals surface area contributed by atoms with Crippen LogP contribution in [0, 0.1) is 5.41 Å². The molecule has 24 heavy (non-hydrogen) atoms. The van der Waals surface area contributed by atoms with Gasteiger partial charge in [-0.05, 0) is 6.07 Å². The van der Waals surface area contributed by atoms with Crippen molar-refractivity contribution in [3.63, 3.8) is 0 Å². The molecule has 0 radical (unpaired) electrons. The summed E-state index contributed by atoms with van der Waals surface area (Å²) in [5.41, 5.74) is 6.66. The van der Waals surface area contributed by atoms with Gasteiger partial charge in [0.1, 0.15) is 5.75 Å². The SMILES string of the molecule is CC(C)(C)C(=O)NCCN=C(N)NC1CCOc2ccccc21.I. The van der Waals surface area contributed by atoms with Crippen molar-refractivity contribution in [2.75, 3.05) is 19.7 Å². The van der Waals surface area contributed by atoms with Crippen LogP contribution in [-0.2, 0) is 4.79 Å². The molecule has 1 aliphatic heterocycles. The number of aliphatic imine (C=N–C) groups is 1. The molecular weight excluding hydrogens is 419 g/mol. The first kappa shape index (κ1) is 20.5. The van der Waals surface area contributed by atoms with Gasteiger partial charge in [-0.3, -0.25) is 9.79 Å². The van der Waals surface area contributed by atoms with Gasteiger partial charge in [0.25, 0.3) is 0 Å². The molecule has 0 fully saturated rings. The number of nitrogens with two attached hydrogens (primary N) is 1. The molecule has 1 atom stereocenters. The molecular formula is C17H27IN4O2. The number of guanidine groups is 1. The molecule has 134 valence electrons. The standard InChI is InChI=1S/C17H26N4O2.HI/c1-17(2,3)15(22)19-9-10-20-16(18)21-13-8-11-23-14-7-5-4-6-12(13)14;/h4-7,13H,8-11H2,1-3H3,(H,19,22)(H3,18,20,21);1H. The number of nitrogens with one attached hydrogen (secondary N) is 2. The molecule has 1 aromatic rings. The number of benzene rings is 1. The number of fused-ring (bicyclic) bond motifs is 1. The largest absolute Gasteiger partial charge is 0.493 e. The van der Waals surface area contributed by atoms with Crippen molar-refractivity contribution in [2.24, 2.45) is 16.1 Å². The summed E-state index contributed by atoms with van der Waals surface area (Å²) in [7, 11) is 0. The molecule has 1 amide bonds. The summed E-state index contributed by atoms with van der Waals surface area (Å²) >= 11 is 0. The highest BCUT2D eigenvalue weighted by molar-refractivity contribution is 14.0. The van der Waals surface area contributed by atoms with Crippen LogP contribution in [0.15, 0.2) is 29.3 Å². The number of halogens is 1. The molecule has 0 aromatic heterocycles. The maximum absolute atomic E-state index is 11.7. The summed E-state index contributed by atoms with van der Waals surface area (Å²) in [6, 6.07) is 8.03. The molecule has 0 saturated carbocycles. The Hall–Kier alpha value is -1.51. The van der Waals surface area contributed by atoms with Crippen LogP contribution in [0.4, 0.5) is 0 Å². The quantitative estimate of drug-likeness (QED) is 0.287. The molecule has 0 spiro atoms. The molecule has 4 N–H and O–H groups in total. The summed E-state index contributed by atoms with van der Waals surface area (Å²) in [6.45, 7) is 7.22. The van der Waals surface area contributed by atoms with Crippen LogP contribution in [0.2, 0.25) is 0 Å². The number of hydrogen-bond acceptors (Lipinski definition) is 3. The first-order valence-corrected chi connectivity index (χ1v) is 7.94. The van der Waals surface area contributed by atoms with Gasteiger partial charge in [0.2, 0.25) is 5.91 Å². The molecule has 0 aliphatic carbocycles. The van der Waals surface area contributed by atoms with Crippen LogP contribution in [-0.4, -0.2) is 31.6 Å². The number of amides is 1. The average molecular weight is 446 g/mol. The first-order chi connectivity index (χ1) is 10.9. The minimum atomic E-state index is -0.390. The van der Waals surface area contributed by atoms with E-state index in [1.165, 1.54) is 0 Å². The van der Waals surface area contributed by atoms with E-state index in [-0.39, 0.29) is 41.3 Å². The number of rotatable bonds is 4. The van der Waals surface area contributed by atoms with Crippen LogP contribution in [0.5, 0.6) is 5.75 Å². The van der Waals surface area contributed by atoms with E-state index in [4.69, 9.17) is 10.5 Å². The summed E-state index contributed by atoms with van der Waals surface area (Å²) in [5.74, 6) is 1.29. The van der Waals surface area contributed by atoms with E-state index in [2.05, 4.69) is 15.6 Å². The number of ether oxygens (including phenoxy) is 1. The highest BCUT2D eigenvalue weighted by Crippen LogP contribution is 2.31. The summed E-state index contributed by atoms with van der Waals surface area (Å²) < 4.78 is 5.62. The Morgan fingerprint density at radius 3 is 2.79 bits per heavy atom. The first-order valence-electron chi connectivity index (χ1n) is 7.94. The number of carbonyl (C=O) groups excluding carboxylic acids is 1. The smallest absolute Gasteiger partial charge is 0.225 e. The van der Waals surface area contributed by atoms with Crippen molar-refractivity contribution in [3.8, 4) is 5.75 Å². The molecule has 0 saturated heterocycles. The fourth-order valence-electron chi connectivity index (χ4n) is 2.33. The second-order valence-electron chi connectivity index (χ2n) is 6.64. The van der Waals surface area contributed by atoms with Gasteiger partial charge in [-0.1, -0.05) is 39.0 Å². The van der Waals surface area contributed by atoms with E-state index < -0.39 is 0 Å². The highest BCUT2D eigenvalue weighted by Gasteiger charge is 2.21. The topological polar surface area (TPSA) is 88.7 Å². The Labute approximate surface area is 160 Å². The van der Waals surface area contributed by atoms with E-state index in [9.17, 15) is 4.79 Å². The molecule has 7 heteroatoms. The third-order valence-corrected chi connectivity index (χ3v) is 3.64. The van der Waals surface area contributed by atoms with Crippen molar-refractivity contribution in [3.05, 3.63) is 29.8 Å². The van der Waals surface area contributed by atoms with Crippen molar-refractivity contribution in [1.82, 2.24) is 10.6 Å². The second kappa shape index (κ2) is 9.10. The van der Waals surface area contributed by atoms with Crippen LogP contribution >= 0.6 is 24.0 Å². The molecule has 0 bridgehead atoms. The lowest BCUT2D eigenvalue weighted by Gasteiger charge is -2.27. The molecule has 1 aromatic carbocycles. The summed E-state index contributed by atoms with van der Waals surface area (Å²) in [4.78, 5) is 16.0. The van der Waals surface area contributed by atoms with Gasteiger partial charge in [-0.15, -0.1) is 24.0 Å². The predicted molar refractivity (Wildman–Crippen MR) is 107 cm³/mol. The fraction of sp³-hybridized carbons (Fsp3) is 0.529. The van der Waals surface area contributed by atoms with E-state index in [0.29, 0.717) is 25.7 Å². The van der Waals surface area contributed by atoms with Gasteiger partial charge in [0.05, 0.1) is 19.2 Å². The van der Waals surface area contributed by atoms with Crippen molar-refractivity contribution >= 4 is 35.8 Å². The number of nitrogens with zero attached hydrogens (tertiary/aromatic N) is 1. The van der Waals surface area contributed by atoms with E-state index >= 15 is 0 Å². The Balaban J connectivity index is 0.00000288. The monoisotopic (exact) mass is 446 g/mol. The fourth-order valence-corrected chi connectivity index (χ4v) is 2.33. The van der Waals surface area contributed by atoms with Gasteiger partial charge >= 0.3 is 0 Å². The lowest BCUT2D eigenvalue weighted by molar-refractivity contribution is -0.128. The van der Waals surface area contributed by atoms with Crippen molar-refractivity contribution in [2.45, 2.75) is 33.2 Å². The molecule has 1 heterocycles. The predicted octanol–water partition coefficient (Wildman–Crippen LogP) is 2.19. The normalized spacial score (nSPS) is 17.1. The molecule has 1 aliphatic rings. The van der Waals surface area contributed by atoms with Gasteiger partial charge in [-0.2, -0.15) is 0 Å². The van der Waals surface area contributed by atoms with Crippen LogP contribution in [0.3, 0.4) is 0 Å². The number of hydrogen-bond donors (Lipinski definition) is 3. The minimum absolute atomic E-state index is 0. The summed E-state index contributed by atoms with van der Waals surface area (Å²) in [6.07, 6.45) is 0.841. The van der Waals surface area contributed by atoms with Gasteiger partial charge < -0.3 is 21.1 Å². The Morgan fingerprint density at radius 2 is 2.08 bits per heavy atom. The third-order valence-electron chi connectivity index (χ3n) is 3.64. The Morgan fingerprint density at radius 1 is 1.38 bits per heavy atom. The van der Waals surface area contributed by atoms with Gasteiger partial charge in [-0.25, -0.2) is 0 Å². The van der Waals surface area contributed by atoms with Crippen molar-refractivity contribution < 1.29 is 9.53 Å². The van der Waals surface area contributed by atoms with Crippen LogP contribution < -0.4 is 21.1 Å². The van der Waals surface area contributed by atoms with Crippen LogP contribution in [0.25, 0.3) is 0 Å². The van der Waals surface area contributed by atoms with E-state index in [1.807, 2.05) is 45.0 Å². The van der Waals surface area contributed by atoms with E-state index in [0.717, 1.165) is 17.7 Å². The zero-order chi connectivity index (χ0) is 16.9. The number of para-hydroxylation sites is 1. The summed E-state index contributed by atoms with van der Waals surface area (Å²) in [5, 5.41) is 6.08. The Bertz CT molecular complexity index is 584. The second-order valence-corrected chi connectivity index (χ2v) is 6.64. The minimum Gasteiger partial charge on any atom is -0.493 e. The number of carbonyl (C=O) groups is 1. The highest BCUT2D eigenvalue weighted by atomic mass is 127. The van der Waals surface area contributed by atoms with Gasteiger partial charge in [0.15, 0.2) is 5.96 Å². The molecule has 1 unspecified atom stereocenters. The molecule has 6 nitrogen and oxygen atoms in total. The van der Waals surface area contributed by atoms with E-state index in [1.54, 1.807) is 0 Å². The third kappa shape index (κ3) is 5.85.